The minimum absolute atomic E-state index is 0.101. The second-order valence-electron chi connectivity index (χ2n) is 7.83. The number of aromatic nitrogens is 2. The van der Waals surface area contributed by atoms with Crippen molar-refractivity contribution in [3.63, 3.8) is 0 Å². The molecule has 0 unspecified atom stereocenters. The van der Waals surface area contributed by atoms with Crippen molar-refractivity contribution in [2.75, 3.05) is 32.8 Å². The molecule has 1 N–H and O–H groups in total. The number of ether oxygens (including phenoxy) is 1. The summed E-state index contributed by atoms with van der Waals surface area (Å²) in [6.45, 7) is 2.97. The summed E-state index contributed by atoms with van der Waals surface area (Å²) in [6, 6.07) is 10.2. The Morgan fingerprint density at radius 3 is 2.76 bits per heavy atom. The van der Waals surface area contributed by atoms with Crippen LogP contribution in [-0.4, -0.2) is 76.2 Å². The van der Waals surface area contributed by atoms with Gasteiger partial charge in [0.1, 0.15) is 11.4 Å². The second kappa shape index (κ2) is 10.1. The van der Waals surface area contributed by atoms with Crippen molar-refractivity contribution in [3.05, 3.63) is 70.4 Å². The predicted octanol–water partition coefficient (Wildman–Crippen LogP) is 2.81. The molecule has 11 heteroatoms. The molecule has 1 aromatic carbocycles. The largest absolute Gasteiger partial charge is 0.493 e. The molecule has 0 aliphatic carbocycles. The summed E-state index contributed by atoms with van der Waals surface area (Å²) < 4.78 is 5.65. The lowest BCUT2D eigenvalue weighted by Gasteiger charge is -2.39. The third-order valence-electron chi connectivity index (χ3n) is 5.68. The SMILES string of the molecule is C[C@@H]1CN(C(=O)c2ccccc2)CCN1C(=O)C(=O)c1c[nH]c2nccc(OCCN=[N+]=[N-])c12. The Morgan fingerprint density at radius 2 is 2.03 bits per heavy atom. The molecule has 1 fully saturated rings. The highest BCUT2D eigenvalue weighted by Gasteiger charge is 2.34. The van der Waals surface area contributed by atoms with Gasteiger partial charge in [-0.25, -0.2) is 4.98 Å². The standard InChI is InChI=1S/C23H23N7O4/c1-15-14-29(22(32)16-5-3-2-4-6-16)10-11-30(15)23(33)20(31)17-13-26-21-19(17)18(7-8-25-21)34-12-9-27-28-24/h2-8,13,15H,9-12,14H2,1H3,(H,25,26)/t15-/m1/s1. The maximum Gasteiger partial charge on any atom is 0.295 e. The van der Waals surface area contributed by atoms with Crippen LogP contribution in [0.15, 0.2) is 53.9 Å². The van der Waals surface area contributed by atoms with Crippen LogP contribution in [0.25, 0.3) is 21.5 Å². The van der Waals surface area contributed by atoms with Crippen LogP contribution in [0.2, 0.25) is 0 Å². The predicted molar refractivity (Wildman–Crippen MR) is 123 cm³/mol. The topological polar surface area (TPSA) is 144 Å². The molecule has 1 saturated heterocycles. The van der Waals surface area contributed by atoms with Crippen LogP contribution in [0.3, 0.4) is 0 Å². The van der Waals surface area contributed by atoms with Crippen molar-refractivity contribution in [1.29, 1.82) is 0 Å². The van der Waals surface area contributed by atoms with Crippen LogP contribution in [0.4, 0.5) is 0 Å². The normalized spacial score (nSPS) is 15.6. The number of carbonyl (C=O) groups excluding carboxylic acids is 3. The summed E-state index contributed by atoms with van der Waals surface area (Å²) in [6.07, 6.45) is 2.96. The molecule has 1 aliphatic rings. The fourth-order valence-corrected chi connectivity index (χ4v) is 4.02. The molecule has 174 valence electrons. The van der Waals surface area contributed by atoms with Crippen molar-refractivity contribution in [2.45, 2.75) is 13.0 Å². The maximum absolute atomic E-state index is 13.2. The molecule has 3 heterocycles. The summed E-state index contributed by atoms with van der Waals surface area (Å²) in [5, 5.41) is 3.82. The molecule has 34 heavy (non-hydrogen) atoms. The number of hydrogen-bond donors (Lipinski definition) is 1. The molecule has 3 aromatic rings. The maximum atomic E-state index is 13.2. The van der Waals surface area contributed by atoms with Gasteiger partial charge in [-0.05, 0) is 30.7 Å². The summed E-state index contributed by atoms with van der Waals surface area (Å²) >= 11 is 0. The number of ketones is 1. The van der Waals surface area contributed by atoms with Gasteiger partial charge in [-0.3, -0.25) is 14.4 Å². The highest BCUT2D eigenvalue weighted by atomic mass is 16.5. The molecule has 2 amide bonds. The van der Waals surface area contributed by atoms with E-state index in [4.69, 9.17) is 10.3 Å². The third-order valence-corrected chi connectivity index (χ3v) is 5.68. The first-order valence-electron chi connectivity index (χ1n) is 10.8. The van der Waals surface area contributed by atoms with Gasteiger partial charge in [0.15, 0.2) is 0 Å². The van der Waals surface area contributed by atoms with E-state index in [-0.39, 0.29) is 37.2 Å². The quantitative estimate of drug-likeness (QED) is 0.144. The van der Waals surface area contributed by atoms with E-state index in [1.807, 2.05) is 13.0 Å². The van der Waals surface area contributed by atoms with Crippen molar-refractivity contribution in [2.24, 2.45) is 5.11 Å². The number of benzene rings is 1. The number of pyridine rings is 1. The second-order valence-corrected chi connectivity index (χ2v) is 7.83. The van der Waals surface area contributed by atoms with Gasteiger partial charge in [0.25, 0.3) is 17.6 Å². The van der Waals surface area contributed by atoms with E-state index >= 15 is 0 Å². The molecular formula is C23H23N7O4. The molecule has 0 saturated carbocycles. The highest BCUT2D eigenvalue weighted by Crippen LogP contribution is 2.28. The number of nitrogens with one attached hydrogen (secondary N) is 1. The number of aromatic amines is 1. The fraction of sp³-hybridized carbons (Fsp3) is 0.304. The molecule has 1 atom stereocenters. The van der Waals surface area contributed by atoms with E-state index in [1.54, 1.807) is 35.2 Å². The van der Waals surface area contributed by atoms with Crippen LogP contribution in [0.1, 0.15) is 27.6 Å². The zero-order valence-corrected chi connectivity index (χ0v) is 18.5. The van der Waals surface area contributed by atoms with Crippen molar-refractivity contribution < 1.29 is 19.1 Å². The first kappa shape index (κ1) is 22.8. The number of Topliss-reactive ketones (excluding diaryl/α,β-unsaturated/α-hetero) is 1. The number of fused-ring (bicyclic) bond motifs is 1. The number of amides is 2. The van der Waals surface area contributed by atoms with E-state index < -0.39 is 11.7 Å². The van der Waals surface area contributed by atoms with Crippen molar-refractivity contribution in [1.82, 2.24) is 19.8 Å². The Morgan fingerprint density at radius 1 is 1.24 bits per heavy atom. The number of nitrogens with zero attached hydrogens (tertiary/aromatic N) is 6. The summed E-state index contributed by atoms with van der Waals surface area (Å²) in [5.74, 6) is -1.07. The zero-order chi connectivity index (χ0) is 24.1. The lowest BCUT2D eigenvalue weighted by atomic mass is 10.1. The molecule has 0 bridgehead atoms. The number of carbonyl (C=O) groups is 3. The van der Waals surface area contributed by atoms with Crippen LogP contribution >= 0.6 is 0 Å². The molecule has 11 nitrogen and oxygen atoms in total. The van der Waals surface area contributed by atoms with Crippen molar-refractivity contribution >= 4 is 28.6 Å². The van der Waals surface area contributed by atoms with E-state index in [9.17, 15) is 14.4 Å². The summed E-state index contributed by atoms with van der Waals surface area (Å²) in [5.41, 5.74) is 9.56. The van der Waals surface area contributed by atoms with Crippen LogP contribution in [0.5, 0.6) is 5.75 Å². The molecular weight excluding hydrogens is 438 g/mol. The monoisotopic (exact) mass is 461 g/mol. The Balaban J connectivity index is 1.49. The Bertz CT molecular complexity index is 1270. The Kier molecular flexibility index (Phi) is 6.74. The van der Waals surface area contributed by atoms with E-state index in [2.05, 4.69) is 20.0 Å². The first-order valence-corrected chi connectivity index (χ1v) is 10.8. The molecule has 4 rings (SSSR count). The highest BCUT2D eigenvalue weighted by molar-refractivity contribution is 6.45. The van der Waals surface area contributed by atoms with Gasteiger partial charge in [-0.2, -0.15) is 0 Å². The van der Waals surface area contributed by atoms with Gasteiger partial charge in [-0.15, -0.1) is 0 Å². The van der Waals surface area contributed by atoms with Gasteiger partial charge in [0.05, 0.1) is 24.1 Å². The average Bonchev–Trinajstić information content (AvgIpc) is 3.31. The molecule has 1 aliphatic heterocycles. The Hall–Kier alpha value is -4.37. The molecule has 2 aromatic heterocycles. The van der Waals surface area contributed by atoms with Crippen LogP contribution < -0.4 is 4.74 Å². The fourth-order valence-electron chi connectivity index (χ4n) is 4.02. The Labute approximate surface area is 194 Å². The van der Waals surface area contributed by atoms with Crippen molar-refractivity contribution in [3.8, 4) is 5.75 Å². The molecule has 0 radical (unpaired) electrons. The summed E-state index contributed by atoms with van der Waals surface area (Å²) in [4.78, 5) is 52.1. The van der Waals surface area contributed by atoms with E-state index in [0.29, 0.717) is 35.4 Å². The lowest BCUT2D eigenvalue weighted by molar-refractivity contribution is -0.130. The average molecular weight is 461 g/mol. The summed E-state index contributed by atoms with van der Waals surface area (Å²) in [7, 11) is 0. The van der Waals surface area contributed by atoms with Gasteiger partial charge in [0, 0.05) is 48.5 Å². The van der Waals surface area contributed by atoms with Crippen LogP contribution in [-0.2, 0) is 4.79 Å². The molecule has 0 spiro atoms. The lowest BCUT2D eigenvalue weighted by Crippen LogP contribution is -2.56. The number of rotatable bonds is 7. The van der Waals surface area contributed by atoms with E-state index in [0.717, 1.165) is 0 Å². The van der Waals surface area contributed by atoms with E-state index in [1.165, 1.54) is 17.3 Å². The van der Waals surface area contributed by atoms with Gasteiger partial charge in [-0.1, -0.05) is 23.3 Å². The first-order chi connectivity index (χ1) is 16.5. The minimum atomic E-state index is -0.686. The number of azide groups is 1. The third kappa shape index (κ3) is 4.55. The van der Waals surface area contributed by atoms with Gasteiger partial charge >= 0.3 is 0 Å². The zero-order valence-electron chi connectivity index (χ0n) is 18.5. The number of piperazine rings is 1. The minimum Gasteiger partial charge on any atom is -0.493 e. The smallest absolute Gasteiger partial charge is 0.295 e. The van der Waals surface area contributed by atoms with Gasteiger partial charge < -0.3 is 19.5 Å². The number of hydrogen-bond acceptors (Lipinski definition) is 6. The van der Waals surface area contributed by atoms with Gasteiger partial charge in [0.2, 0.25) is 0 Å². The van der Waals surface area contributed by atoms with Crippen LogP contribution in [0, 0.1) is 0 Å². The number of H-pyrrole nitrogens is 1.